The second-order valence-electron chi connectivity index (χ2n) is 7.61. The van der Waals surface area contributed by atoms with E-state index in [1.807, 2.05) is 0 Å². The van der Waals surface area contributed by atoms with Crippen molar-refractivity contribution in [2.45, 2.75) is 19.3 Å². The van der Waals surface area contributed by atoms with E-state index in [0.717, 1.165) is 10.9 Å². The van der Waals surface area contributed by atoms with Gasteiger partial charge in [-0.1, -0.05) is 64.6 Å². The van der Waals surface area contributed by atoms with Crippen LogP contribution in [-0.4, -0.2) is 20.9 Å². The van der Waals surface area contributed by atoms with Crippen molar-refractivity contribution < 1.29 is 18.0 Å². The SMILES string of the molecule is O=C(Cn1nc(-c2ccc(Cl)cc2Cl)c(-c2ccc(Cl)cc2Cl)n1)NCc1ccccc1C(F)(F)F. The number of halogens is 7. The first-order valence-corrected chi connectivity index (χ1v) is 11.8. The summed E-state index contributed by atoms with van der Waals surface area (Å²) in [6.45, 7) is -0.681. The highest BCUT2D eigenvalue weighted by atomic mass is 35.5. The topological polar surface area (TPSA) is 59.8 Å². The molecule has 1 amide bonds. The van der Waals surface area contributed by atoms with Crippen LogP contribution in [0.15, 0.2) is 60.7 Å². The van der Waals surface area contributed by atoms with Crippen LogP contribution >= 0.6 is 46.4 Å². The first-order valence-electron chi connectivity index (χ1n) is 10.3. The Bertz CT molecular complexity index is 1370. The number of carbonyl (C=O) groups is 1. The second kappa shape index (κ2) is 10.7. The van der Waals surface area contributed by atoms with Crippen LogP contribution in [-0.2, 0) is 24.1 Å². The predicted octanol–water partition coefficient (Wildman–Crippen LogP) is 7.56. The molecule has 1 heterocycles. The van der Waals surface area contributed by atoms with Gasteiger partial charge in [-0.2, -0.15) is 28.2 Å². The fraction of sp³-hybridized carbons (Fsp3) is 0.125. The highest BCUT2D eigenvalue weighted by Crippen LogP contribution is 2.38. The molecule has 0 aliphatic heterocycles. The molecule has 0 atom stereocenters. The van der Waals surface area contributed by atoms with E-state index >= 15 is 0 Å². The van der Waals surface area contributed by atoms with Gasteiger partial charge in [-0.25, -0.2) is 0 Å². The van der Waals surface area contributed by atoms with Crippen molar-refractivity contribution >= 4 is 52.3 Å². The van der Waals surface area contributed by atoms with Crippen LogP contribution < -0.4 is 5.32 Å². The summed E-state index contributed by atoms with van der Waals surface area (Å²) in [5.74, 6) is -0.593. The van der Waals surface area contributed by atoms with Gasteiger partial charge in [0.05, 0.1) is 15.6 Å². The Morgan fingerprint density at radius 2 is 1.36 bits per heavy atom. The van der Waals surface area contributed by atoms with Gasteiger partial charge in [0.2, 0.25) is 5.91 Å². The molecule has 0 aliphatic carbocycles. The summed E-state index contributed by atoms with van der Waals surface area (Å²) in [5.41, 5.74) is 0.767. The van der Waals surface area contributed by atoms with E-state index in [-0.39, 0.29) is 18.7 Å². The Hall–Kier alpha value is -2.78. The van der Waals surface area contributed by atoms with Crippen molar-refractivity contribution in [2.75, 3.05) is 0 Å². The average Bonchev–Trinajstić information content (AvgIpc) is 3.20. The summed E-state index contributed by atoms with van der Waals surface area (Å²) >= 11 is 24.8. The molecule has 5 nitrogen and oxygen atoms in total. The van der Waals surface area contributed by atoms with Crippen molar-refractivity contribution in [1.82, 2.24) is 20.3 Å². The minimum Gasteiger partial charge on any atom is -0.350 e. The summed E-state index contributed by atoms with van der Waals surface area (Å²) in [6.07, 6.45) is -4.54. The summed E-state index contributed by atoms with van der Waals surface area (Å²) in [5, 5.41) is 12.7. The van der Waals surface area contributed by atoms with Crippen molar-refractivity contribution in [3.63, 3.8) is 0 Å². The Kier molecular flexibility index (Phi) is 7.80. The Morgan fingerprint density at radius 1 is 0.833 bits per heavy atom. The smallest absolute Gasteiger partial charge is 0.350 e. The maximum atomic E-state index is 13.2. The molecule has 4 aromatic rings. The highest BCUT2D eigenvalue weighted by molar-refractivity contribution is 6.37. The lowest BCUT2D eigenvalue weighted by atomic mass is 10.0. The molecule has 0 fully saturated rings. The molecule has 0 saturated carbocycles. The Labute approximate surface area is 223 Å². The number of alkyl halides is 3. The molecule has 3 aromatic carbocycles. The lowest BCUT2D eigenvalue weighted by Gasteiger charge is -2.13. The third-order valence-electron chi connectivity index (χ3n) is 5.11. The zero-order valence-corrected chi connectivity index (χ0v) is 21.1. The quantitative estimate of drug-likeness (QED) is 0.259. The average molecular weight is 574 g/mol. The number of nitrogens with one attached hydrogen (secondary N) is 1. The number of hydrogen-bond acceptors (Lipinski definition) is 3. The fourth-order valence-corrected chi connectivity index (χ4v) is 4.47. The molecule has 0 unspecified atom stereocenters. The minimum atomic E-state index is -4.54. The van der Waals surface area contributed by atoms with Crippen LogP contribution in [0.5, 0.6) is 0 Å². The number of hydrogen-bond donors (Lipinski definition) is 1. The third kappa shape index (κ3) is 5.95. The third-order valence-corrected chi connectivity index (χ3v) is 6.21. The van der Waals surface area contributed by atoms with Crippen molar-refractivity contribution in [2.24, 2.45) is 0 Å². The van der Waals surface area contributed by atoms with Crippen molar-refractivity contribution in [3.05, 3.63) is 91.9 Å². The van der Waals surface area contributed by atoms with Gasteiger partial charge in [0, 0.05) is 27.7 Å². The Morgan fingerprint density at radius 3 is 1.86 bits per heavy atom. The Balaban J connectivity index is 1.63. The number of nitrogens with zero attached hydrogens (tertiary/aromatic N) is 3. The van der Waals surface area contributed by atoms with E-state index in [9.17, 15) is 18.0 Å². The lowest BCUT2D eigenvalue weighted by Crippen LogP contribution is -2.29. The second-order valence-corrected chi connectivity index (χ2v) is 9.29. The van der Waals surface area contributed by atoms with Gasteiger partial charge in [-0.3, -0.25) is 4.79 Å². The number of amides is 1. The first-order chi connectivity index (χ1) is 17.0. The van der Waals surface area contributed by atoms with Crippen LogP contribution in [0, 0.1) is 0 Å². The summed E-state index contributed by atoms with van der Waals surface area (Å²) in [4.78, 5) is 13.7. The monoisotopic (exact) mass is 572 g/mol. The van der Waals surface area contributed by atoms with Crippen LogP contribution in [0.1, 0.15) is 11.1 Å². The molecule has 186 valence electrons. The largest absolute Gasteiger partial charge is 0.416 e. The van der Waals surface area contributed by atoms with E-state index in [0.29, 0.717) is 42.6 Å². The van der Waals surface area contributed by atoms with E-state index in [4.69, 9.17) is 46.4 Å². The minimum absolute atomic E-state index is 0.0611. The maximum absolute atomic E-state index is 13.2. The van der Waals surface area contributed by atoms with E-state index < -0.39 is 17.6 Å². The van der Waals surface area contributed by atoms with Crippen LogP contribution in [0.25, 0.3) is 22.5 Å². The van der Waals surface area contributed by atoms with E-state index in [1.165, 1.54) is 30.3 Å². The van der Waals surface area contributed by atoms with Gasteiger partial charge in [-0.05, 0) is 48.0 Å². The van der Waals surface area contributed by atoms with E-state index in [1.54, 1.807) is 24.3 Å². The number of aromatic nitrogens is 3. The van der Waals surface area contributed by atoms with Crippen LogP contribution in [0.2, 0.25) is 20.1 Å². The van der Waals surface area contributed by atoms with Crippen LogP contribution in [0.3, 0.4) is 0 Å². The zero-order valence-electron chi connectivity index (χ0n) is 18.1. The number of rotatable bonds is 6. The molecular weight excluding hydrogens is 559 g/mol. The van der Waals surface area contributed by atoms with Crippen molar-refractivity contribution in [1.29, 1.82) is 0 Å². The van der Waals surface area contributed by atoms with Crippen molar-refractivity contribution in [3.8, 4) is 22.5 Å². The van der Waals surface area contributed by atoms with Gasteiger partial charge < -0.3 is 5.32 Å². The summed E-state index contributed by atoms with van der Waals surface area (Å²) in [7, 11) is 0. The lowest BCUT2D eigenvalue weighted by molar-refractivity contribution is -0.138. The van der Waals surface area contributed by atoms with Gasteiger partial charge in [0.25, 0.3) is 0 Å². The molecule has 1 N–H and O–H groups in total. The number of benzene rings is 3. The van der Waals surface area contributed by atoms with Gasteiger partial charge in [0.15, 0.2) is 0 Å². The molecule has 1 aromatic heterocycles. The molecular formula is C24H15Cl4F3N4O. The van der Waals surface area contributed by atoms with Crippen LogP contribution in [0.4, 0.5) is 13.2 Å². The molecule has 12 heteroatoms. The van der Waals surface area contributed by atoms with Gasteiger partial charge in [0.1, 0.15) is 17.9 Å². The number of carbonyl (C=O) groups excluding carboxylic acids is 1. The normalized spacial score (nSPS) is 11.5. The molecule has 4 rings (SSSR count). The molecule has 0 radical (unpaired) electrons. The zero-order chi connectivity index (χ0) is 26.0. The molecule has 0 aliphatic rings. The standard InChI is InChI=1S/C24H15Cl4F3N4O/c25-14-5-7-16(19(27)9-14)22-23(17-8-6-15(26)10-20(17)28)34-35(33-22)12-21(36)32-11-13-3-1-2-4-18(13)24(29,30)31/h1-10H,11-12H2,(H,32,36). The van der Waals surface area contributed by atoms with Gasteiger partial charge in [-0.15, -0.1) is 0 Å². The summed E-state index contributed by atoms with van der Waals surface area (Å²) in [6, 6.07) is 14.6. The summed E-state index contributed by atoms with van der Waals surface area (Å²) < 4.78 is 39.7. The molecule has 0 saturated heterocycles. The predicted molar refractivity (Wildman–Crippen MR) is 134 cm³/mol. The molecule has 36 heavy (non-hydrogen) atoms. The van der Waals surface area contributed by atoms with Gasteiger partial charge >= 0.3 is 6.18 Å². The fourth-order valence-electron chi connectivity index (χ4n) is 3.47. The molecule has 0 bridgehead atoms. The molecule has 0 spiro atoms. The van der Waals surface area contributed by atoms with E-state index in [2.05, 4.69) is 15.5 Å². The highest BCUT2D eigenvalue weighted by Gasteiger charge is 2.32. The first kappa shape index (κ1) is 26.3. The maximum Gasteiger partial charge on any atom is 0.416 e.